The summed E-state index contributed by atoms with van der Waals surface area (Å²) in [5.74, 6) is 1.03. The molecule has 1 saturated carbocycles. The first-order valence-corrected chi connectivity index (χ1v) is 7.53. The molecule has 2 heteroatoms. The van der Waals surface area contributed by atoms with Gasteiger partial charge in [0.15, 0.2) is 0 Å². The van der Waals surface area contributed by atoms with Crippen LogP contribution in [0.1, 0.15) is 50.2 Å². The average molecular weight is 264 g/mol. The van der Waals surface area contributed by atoms with Crippen molar-refractivity contribution in [2.24, 2.45) is 11.8 Å². The highest BCUT2D eigenvalue weighted by Gasteiger charge is 2.26. The minimum absolute atomic E-state index is 0.206. The molecule has 1 N–H and O–H groups in total. The fourth-order valence-electron chi connectivity index (χ4n) is 3.23. The van der Waals surface area contributed by atoms with Crippen molar-refractivity contribution >= 4 is 0 Å². The van der Waals surface area contributed by atoms with Crippen molar-refractivity contribution in [2.45, 2.75) is 58.5 Å². The molecule has 1 nitrogen and oxygen atoms in total. The minimum atomic E-state index is -0.321. The maximum absolute atomic E-state index is 13.3. The molecule has 106 valence electrons. The molecule has 0 amide bonds. The molecule has 1 aromatic carbocycles. The highest BCUT2D eigenvalue weighted by Crippen LogP contribution is 2.33. The lowest BCUT2D eigenvalue weighted by atomic mass is 9.77. The average Bonchev–Trinajstić information content (AvgIpc) is 2.43. The van der Waals surface area contributed by atoms with E-state index in [0.717, 1.165) is 29.9 Å². The summed E-state index contributed by atoms with van der Waals surface area (Å²) in [4.78, 5) is 0. The van der Waals surface area contributed by atoms with Crippen molar-refractivity contribution in [2.75, 3.05) is 0 Å². The zero-order valence-electron chi connectivity index (χ0n) is 12.0. The van der Waals surface area contributed by atoms with Gasteiger partial charge in [0.25, 0.3) is 0 Å². The second-order valence-electron chi connectivity index (χ2n) is 6.03. The van der Waals surface area contributed by atoms with E-state index in [0.29, 0.717) is 12.3 Å². The van der Waals surface area contributed by atoms with E-state index in [1.807, 2.05) is 6.92 Å². The lowest BCUT2D eigenvalue weighted by molar-refractivity contribution is 0.0733. The molecule has 0 radical (unpaired) electrons. The van der Waals surface area contributed by atoms with E-state index < -0.39 is 0 Å². The van der Waals surface area contributed by atoms with Crippen LogP contribution in [0.2, 0.25) is 0 Å². The molecule has 0 aromatic heterocycles. The molecule has 0 spiro atoms. The van der Waals surface area contributed by atoms with Crippen LogP contribution < -0.4 is 0 Å². The van der Waals surface area contributed by atoms with Crippen molar-refractivity contribution < 1.29 is 9.50 Å². The smallest absolute Gasteiger partial charge is 0.123 e. The maximum atomic E-state index is 13.3. The van der Waals surface area contributed by atoms with Crippen LogP contribution in [0.5, 0.6) is 0 Å². The fourth-order valence-corrected chi connectivity index (χ4v) is 3.23. The van der Waals surface area contributed by atoms with Crippen molar-refractivity contribution in [3.63, 3.8) is 0 Å². The van der Waals surface area contributed by atoms with Gasteiger partial charge in [0.05, 0.1) is 6.10 Å². The van der Waals surface area contributed by atoms with Gasteiger partial charge in [0.2, 0.25) is 0 Å². The van der Waals surface area contributed by atoms with Crippen molar-refractivity contribution in [3.8, 4) is 0 Å². The Morgan fingerprint density at radius 1 is 1.26 bits per heavy atom. The number of rotatable bonds is 4. The van der Waals surface area contributed by atoms with E-state index in [1.165, 1.54) is 25.3 Å². The van der Waals surface area contributed by atoms with Gasteiger partial charge in [-0.25, -0.2) is 4.39 Å². The fraction of sp³-hybridized carbons (Fsp3) is 0.647. The molecule has 0 bridgehead atoms. The number of aryl methyl sites for hydroxylation is 1. The molecule has 1 aromatic rings. The van der Waals surface area contributed by atoms with Crippen LogP contribution in [0.3, 0.4) is 0 Å². The second kappa shape index (κ2) is 6.51. The van der Waals surface area contributed by atoms with Gasteiger partial charge < -0.3 is 5.11 Å². The number of aliphatic hydroxyl groups excluding tert-OH is 1. The van der Waals surface area contributed by atoms with E-state index in [4.69, 9.17) is 0 Å². The second-order valence-corrected chi connectivity index (χ2v) is 6.03. The molecule has 0 saturated heterocycles. The lowest BCUT2D eigenvalue weighted by Gasteiger charge is -2.31. The summed E-state index contributed by atoms with van der Waals surface area (Å²) in [6.07, 6.45) is 6.23. The Bertz CT molecular complexity index is 408. The molecule has 0 aliphatic heterocycles. The van der Waals surface area contributed by atoms with Crippen molar-refractivity contribution in [1.82, 2.24) is 0 Å². The van der Waals surface area contributed by atoms with E-state index >= 15 is 0 Å². The predicted octanol–water partition coefficient (Wildman–Crippen LogP) is 4.25. The maximum Gasteiger partial charge on any atom is 0.123 e. The topological polar surface area (TPSA) is 20.2 Å². The molecule has 2 rings (SSSR count). The molecule has 1 aliphatic rings. The number of halogens is 1. The number of benzene rings is 1. The third kappa shape index (κ3) is 3.79. The lowest BCUT2D eigenvalue weighted by Crippen LogP contribution is -2.27. The Balaban J connectivity index is 1.94. The quantitative estimate of drug-likeness (QED) is 0.861. The summed E-state index contributed by atoms with van der Waals surface area (Å²) in [5.41, 5.74) is 2.02. The summed E-state index contributed by atoms with van der Waals surface area (Å²) >= 11 is 0. The molecule has 1 unspecified atom stereocenters. The van der Waals surface area contributed by atoms with E-state index in [9.17, 15) is 9.50 Å². The van der Waals surface area contributed by atoms with Gasteiger partial charge in [0, 0.05) is 0 Å². The van der Waals surface area contributed by atoms with Crippen LogP contribution in [0.4, 0.5) is 4.39 Å². The largest absolute Gasteiger partial charge is 0.392 e. The van der Waals surface area contributed by atoms with Crippen LogP contribution >= 0.6 is 0 Å². The van der Waals surface area contributed by atoms with Crippen LogP contribution in [0.25, 0.3) is 0 Å². The van der Waals surface area contributed by atoms with Crippen LogP contribution in [0, 0.1) is 24.6 Å². The van der Waals surface area contributed by atoms with Gasteiger partial charge in [-0.2, -0.15) is 0 Å². The van der Waals surface area contributed by atoms with Crippen molar-refractivity contribution in [1.29, 1.82) is 0 Å². The van der Waals surface area contributed by atoms with Gasteiger partial charge >= 0.3 is 0 Å². The zero-order chi connectivity index (χ0) is 13.8. The SMILES string of the molecule is CCC1CCC(C(O)Cc2cc(F)ccc2C)CC1. The molecule has 1 fully saturated rings. The molecular weight excluding hydrogens is 239 g/mol. The van der Waals surface area contributed by atoms with Gasteiger partial charge in [-0.3, -0.25) is 0 Å². The van der Waals surface area contributed by atoms with Crippen molar-refractivity contribution in [3.05, 3.63) is 35.1 Å². The third-order valence-electron chi connectivity index (χ3n) is 4.75. The predicted molar refractivity (Wildman–Crippen MR) is 76.6 cm³/mol. The highest BCUT2D eigenvalue weighted by atomic mass is 19.1. The summed E-state index contributed by atoms with van der Waals surface area (Å²) in [7, 11) is 0. The third-order valence-corrected chi connectivity index (χ3v) is 4.75. The monoisotopic (exact) mass is 264 g/mol. The summed E-state index contributed by atoms with van der Waals surface area (Å²) < 4.78 is 13.3. The first-order chi connectivity index (χ1) is 9.10. The Morgan fingerprint density at radius 2 is 1.95 bits per heavy atom. The number of hydrogen-bond donors (Lipinski definition) is 1. The van der Waals surface area contributed by atoms with Gasteiger partial charge in [-0.05, 0) is 61.3 Å². The Hall–Kier alpha value is -0.890. The minimum Gasteiger partial charge on any atom is -0.392 e. The molecule has 1 aliphatic carbocycles. The van der Waals surface area contributed by atoms with Crippen LogP contribution in [-0.2, 0) is 6.42 Å². The molecule has 1 atom stereocenters. The molecule has 19 heavy (non-hydrogen) atoms. The van der Waals surface area contributed by atoms with Gasteiger partial charge in [-0.15, -0.1) is 0 Å². The Morgan fingerprint density at radius 3 is 2.58 bits per heavy atom. The normalized spacial score (nSPS) is 25.3. The van der Waals surface area contributed by atoms with Crippen LogP contribution in [0.15, 0.2) is 18.2 Å². The van der Waals surface area contributed by atoms with Gasteiger partial charge in [-0.1, -0.05) is 32.3 Å². The zero-order valence-corrected chi connectivity index (χ0v) is 12.0. The number of hydrogen-bond acceptors (Lipinski definition) is 1. The number of aliphatic hydroxyl groups is 1. The Labute approximate surface area is 115 Å². The van der Waals surface area contributed by atoms with Gasteiger partial charge in [0.1, 0.15) is 5.82 Å². The van der Waals surface area contributed by atoms with E-state index in [2.05, 4.69) is 6.92 Å². The summed E-state index contributed by atoms with van der Waals surface area (Å²) in [6, 6.07) is 4.85. The molecular formula is C17H25FO. The standard InChI is InChI=1S/C17H25FO/c1-3-13-5-7-14(8-6-13)17(19)11-15-10-16(18)9-4-12(15)2/h4,9-10,13-14,17,19H,3,5-8,11H2,1-2H3. The van der Waals surface area contributed by atoms with Crippen LogP contribution in [-0.4, -0.2) is 11.2 Å². The van der Waals surface area contributed by atoms with E-state index in [-0.39, 0.29) is 11.9 Å². The highest BCUT2D eigenvalue weighted by molar-refractivity contribution is 5.27. The first kappa shape index (κ1) is 14.5. The first-order valence-electron chi connectivity index (χ1n) is 7.53. The summed E-state index contributed by atoms with van der Waals surface area (Å²) in [6.45, 7) is 4.23. The Kier molecular flexibility index (Phi) is 4.98. The summed E-state index contributed by atoms with van der Waals surface area (Å²) in [5, 5.41) is 10.4. The molecule has 0 heterocycles. The van der Waals surface area contributed by atoms with E-state index in [1.54, 1.807) is 12.1 Å².